The van der Waals surface area contributed by atoms with E-state index in [0.29, 0.717) is 17.7 Å². The van der Waals surface area contributed by atoms with Crippen LogP contribution in [0.25, 0.3) is 0 Å². The minimum Gasteiger partial charge on any atom is -0.496 e. The van der Waals surface area contributed by atoms with E-state index < -0.39 is 5.97 Å². The highest BCUT2D eigenvalue weighted by molar-refractivity contribution is 8.13. The molecule has 1 N–H and O–H groups in total. The van der Waals surface area contributed by atoms with Gasteiger partial charge >= 0.3 is 5.97 Å². The van der Waals surface area contributed by atoms with Crippen LogP contribution < -0.4 is 4.74 Å². The first-order chi connectivity index (χ1) is 9.04. The number of carboxylic acids is 1. The molecule has 0 atom stereocenters. The third kappa shape index (κ3) is 5.06. The van der Waals surface area contributed by atoms with Gasteiger partial charge in [0.1, 0.15) is 11.3 Å². The second kappa shape index (κ2) is 7.49. The minimum atomic E-state index is -1.03. The summed E-state index contributed by atoms with van der Waals surface area (Å²) in [6.07, 6.45) is 0.604. The van der Waals surface area contributed by atoms with E-state index in [0.717, 1.165) is 0 Å². The molecule has 0 aliphatic heterocycles. The molecule has 0 bridgehead atoms. The molecule has 0 radical (unpaired) electrons. The Labute approximate surface area is 116 Å². The number of hydrogen-bond donors (Lipinski definition) is 1. The monoisotopic (exact) mass is 278 g/mol. The van der Waals surface area contributed by atoms with Crippen LogP contribution in [-0.2, 0) is 4.79 Å². The zero-order valence-electron chi connectivity index (χ0n) is 10.7. The Kier molecular flexibility index (Phi) is 5.97. The maximum atomic E-state index is 10.9. The topological polar surface area (TPSA) is 63.6 Å². The zero-order valence-corrected chi connectivity index (χ0v) is 11.5. The van der Waals surface area contributed by atoms with Gasteiger partial charge in [-0.15, -0.1) is 0 Å². The maximum Gasteiger partial charge on any atom is 0.339 e. The normalized spacial score (nSPS) is 9.37. The SMILES string of the molecule is COc1cc(C#CCCSC(C)=O)ccc1C(=O)O. The van der Waals surface area contributed by atoms with Gasteiger partial charge in [0.15, 0.2) is 5.12 Å². The van der Waals surface area contributed by atoms with Crippen molar-refractivity contribution >= 4 is 22.8 Å². The second-order valence-electron chi connectivity index (χ2n) is 3.61. The lowest BCUT2D eigenvalue weighted by Crippen LogP contribution is -2.00. The lowest BCUT2D eigenvalue weighted by molar-refractivity contribution is -0.109. The molecule has 19 heavy (non-hydrogen) atoms. The third-order valence-electron chi connectivity index (χ3n) is 2.20. The largest absolute Gasteiger partial charge is 0.496 e. The number of thioether (sulfide) groups is 1. The second-order valence-corrected chi connectivity index (χ2v) is 4.88. The molecule has 0 unspecified atom stereocenters. The van der Waals surface area contributed by atoms with Gasteiger partial charge in [-0.3, -0.25) is 4.79 Å². The van der Waals surface area contributed by atoms with Crippen LogP contribution in [0.2, 0.25) is 0 Å². The number of carbonyl (C=O) groups is 2. The van der Waals surface area contributed by atoms with Gasteiger partial charge in [0.2, 0.25) is 0 Å². The van der Waals surface area contributed by atoms with Crippen LogP contribution in [0.5, 0.6) is 5.75 Å². The fraction of sp³-hybridized carbons (Fsp3) is 0.286. The molecule has 4 nitrogen and oxygen atoms in total. The van der Waals surface area contributed by atoms with Crippen molar-refractivity contribution in [3.8, 4) is 17.6 Å². The predicted octanol–water partition coefficient (Wildman–Crippen LogP) is 2.41. The smallest absolute Gasteiger partial charge is 0.339 e. The predicted molar refractivity (Wildman–Crippen MR) is 74.6 cm³/mol. The fourth-order valence-corrected chi connectivity index (χ4v) is 1.85. The number of ether oxygens (including phenoxy) is 1. The Morgan fingerprint density at radius 3 is 2.74 bits per heavy atom. The molecule has 0 saturated heterocycles. The Balaban J connectivity index is 2.72. The average molecular weight is 278 g/mol. The van der Waals surface area contributed by atoms with E-state index >= 15 is 0 Å². The van der Waals surface area contributed by atoms with Gasteiger partial charge in [0.25, 0.3) is 0 Å². The Hall–Kier alpha value is -1.93. The van der Waals surface area contributed by atoms with Crippen LogP contribution in [0.15, 0.2) is 18.2 Å². The van der Waals surface area contributed by atoms with Crippen LogP contribution in [0.4, 0.5) is 0 Å². The zero-order chi connectivity index (χ0) is 14.3. The molecule has 1 aromatic rings. The van der Waals surface area contributed by atoms with E-state index in [1.165, 1.54) is 31.9 Å². The van der Waals surface area contributed by atoms with E-state index in [1.54, 1.807) is 12.1 Å². The van der Waals surface area contributed by atoms with Crippen molar-refractivity contribution in [1.82, 2.24) is 0 Å². The Morgan fingerprint density at radius 2 is 2.16 bits per heavy atom. The van der Waals surface area contributed by atoms with Gasteiger partial charge in [0, 0.05) is 24.7 Å². The molecule has 0 spiro atoms. The summed E-state index contributed by atoms with van der Waals surface area (Å²) in [5.41, 5.74) is 0.801. The first kappa shape index (κ1) is 15.1. The third-order valence-corrected chi connectivity index (χ3v) is 3.01. The molecule has 0 amide bonds. The van der Waals surface area contributed by atoms with Gasteiger partial charge in [-0.1, -0.05) is 23.6 Å². The fourth-order valence-electron chi connectivity index (χ4n) is 1.36. The molecule has 1 rings (SSSR count). The van der Waals surface area contributed by atoms with Crippen LogP contribution in [0.3, 0.4) is 0 Å². The summed E-state index contributed by atoms with van der Waals surface area (Å²) in [7, 11) is 1.42. The number of hydrogen-bond acceptors (Lipinski definition) is 4. The standard InChI is InChI=1S/C14H14O4S/c1-10(15)19-8-4-3-5-11-6-7-12(14(16)17)13(9-11)18-2/h6-7,9H,4,8H2,1-2H3,(H,16,17). The summed E-state index contributed by atoms with van der Waals surface area (Å²) >= 11 is 1.24. The van der Waals surface area contributed by atoms with Gasteiger partial charge in [-0.25, -0.2) is 4.79 Å². The lowest BCUT2D eigenvalue weighted by Gasteiger charge is -2.04. The molecule has 0 aromatic heterocycles. The quantitative estimate of drug-likeness (QED) is 0.677. The molecule has 0 heterocycles. The summed E-state index contributed by atoms with van der Waals surface area (Å²) in [5.74, 6) is 5.76. The molecule has 0 fully saturated rings. The highest BCUT2D eigenvalue weighted by atomic mass is 32.2. The first-order valence-corrected chi connectivity index (χ1v) is 6.56. The highest BCUT2D eigenvalue weighted by Crippen LogP contribution is 2.19. The summed E-state index contributed by atoms with van der Waals surface area (Å²) in [4.78, 5) is 21.6. The van der Waals surface area contributed by atoms with Gasteiger partial charge in [-0.2, -0.15) is 0 Å². The van der Waals surface area contributed by atoms with Crippen LogP contribution in [-0.4, -0.2) is 29.1 Å². The maximum absolute atomic E-state index is 10.9. The molecule has 0 aliphatic carbocycles. The highest BCUT2D eigenvalue weighted by Gasteiger charge is 2.10. The lowest BCUT2D eigenvalue weighted by atomic mass is 10.1. The van der Waals surface area contributed by atoms with Crippen molar-refractivity contribution in [2.45, 2.75) is 13.3 Å². The van der Waals surface area contributed by atoms with Crippen LogP contribution in [0.1, 0.15) is 29.3 Å². The number of carboxylic acid groups (broad SMARTS) is 1. The molecule has 0 aliphatic rings. The number of rotatable bonds is 4. The van der Waals surface area contributed by atoms with Crippen molar-refractivity contribution in [2.75, 3.05) is 12.9 Å². The van der Waals surface area contributed by atoms with Crippen molar-refractivity contribution in [2.24, 2.45) is 0 Å². The molecular formula is C14H14O4S. The molecule has 100 valence electrons. The number of methoxy groups -OCH3 is 1. The summed E-state index contributed by atoms with van der Waals surface area (Å²) in [6.45, 7) is 1.52. The summed E-state index contributed by atoms with van der Waals surface area (Å²) in [5, 5.41) is 9.01. The van der Waals surface area contributed by atoms with Crippen LogP contribution >= 0.6 is 11.8 Å². The van der Waals surface area contributed by atoms with Gasteiger partial charge < -0.3 is 9.84 Å². The number of carbonyl (C=O) groups excluding carboxylic acids is 1. The van der Waals surface area contributed by atoms with Crippen LogP contribution in [0, 0.1) is 11.8 Å². The van der Waals surface area contributed by atoms with Crippen molar-refractivity contribution in [3.63, 3.8) is 0 Å². The van der Waals surface area contributed by atoms with E-state index in [1.807, 2.05) is 0 Å². The summed E-state index contributed by atoms with van der Waals surface area (Å²) in [6, 6.07) is 4.70. The van der Waals surface area contributed by atoms with Crippen molar-refractivity contribution < 1.29 is 19.4 Å². The van der Waals surface area contributed by atoms with E-state index in [2.05, 4.69) is 11.8 Å². The number of aromatic carboxylic acids is 1. The van der Waals surface area contributed by atoms with Crippen molar-refractivity contribution in [3.05, 3.63) is 29.3 Å². The van der Waals surface area contributed by atoms with Gasteiger partial charge in [-0.05, 0) is 18.2 Å². The van der Waals surface area contributed by atoms with E-state index in [4.69, 9.17) is 9.84 Å². The van der Waals surface area contributed by atoms with Gasteiger partial charge in [0.05, 0.1) is 7.11 Å². The average Bonchev–Trinajstić information content (AvgIpc) is 2.37. The minimum absolute atomic E-state index is 0.0780. The molecular weight excluding hydrogens is 264 g/mol. The van der Waals surface area contributed by atoms with E-state index in [9.17, 15) is 9.59 Å². The van der Waals surface area contributed by atoms with E-state index in [-0.39, 0.29) is 16.4 Å². The van der Waals surface area contributed by atoms with Crippen molar-refractivity contribution in [1.29, 1.82) is 0 Å². The number of benzene rings is 1. The molecule has 1 aromatic carbocycles. The molecule has 0 saturated carbocycles. The Bertz CT molecular complexity index is 540. The molecule has 5 heteroatoms. The first-order valence-electron chi connectivity index (χ1n) is 5.58. The summed E-state index contributed by atoms with van der Waals surface area (Å²) < 4.78 is 5.01. The Morgan fingerprint density at radius 1 is 1.42 bits per heavy atom.